The number of amides is 1. The number of anilines is 2. The van der Waals surface area contributed by atoms with Crippen molar-refractivity contribution in [2.75, 3.05) is 43.4 Å². The molecule has 0 radical (unpaired) electrons. The third-order valence-corrected chi connectivity index (χ3v) is 6.32. The summed E-state index contributed by atoms with van der Waals surface area (Å²) < 4.78 is 0. The van der Waals surface area contributed by atoms with Gasteiger partial charge in [-0.15, -0.1) is 11.3 Å². The Balaban J connectivity index is 1.50. The van der Waals surface area contributed by atoms with E-state index in [2.05, 4.69) is 35.2 Å². The molecule has 1 N–H and O–H groups in total. The monoisotopic (exact) mass is 356 g/mol. The number of nitrogens with one attached hydrogen (secondary N) is 1. The van der Waals surface area contributed by atoms with Gasteiger partial charge in [-0.3, -0.25) is 4.79 Å². The summed E-state index contributed by atoms with van der Waals surface area (Å²) in [5.41, 5.74) is 2.50. The van der Waals surface area contributed by atoms with E-state index in [-0.39, 0.29) is 5.91 Å². The second kappa shape index (κ2) is 6.77. The minimum atomic E-state index is -0.0416. The number of thiophene rings is 1. The summed E-state index contributed by atoms with van der Waals surface area (Å²) >= 11 is 1.63. The van der Waals surface area contributed by atoms with Crippen LogP contribution in [0.4, 0.5) is 11.6 Å². The maximum absolute atomic E-state index is 12.6. The molecular weight excluding hydrogens is 332 g/mol. The molecule has 6 heteroatoms. The van der Waals surface area contributed by atoms with Crippen LogP contribution in [0, 0.1) is 6.92 Å². The van der Waals surface area contributed by atoms with Crippen molar-refractivity contribution in [3.63, 3.8) is 0 Å². The molecule has 2 aromatic rings. The van der Waals surface area contributed by atoms with Crippen LogP contribution >= 0.6 is 11.3 Å². The number of aromatic nitrogens is 1. The normalized spacial score (nSPS) is 17.6. The Morgan fingerprint density at radius 2 is 2.00 bits per heavy atom. The Hall–Kier alpha value is -1.92. The first-order valence-electron chi connectivity index (χ1n) is 8.94. The van der Waals surface area contributed by atoms with Gasteiger partial charge in [-0.1, -0.05) is 6.07 Å². The fourth-order valence-corrected chi connectivity index (χ4v) is 4.69. The lowest BCUT2D eigenvalue weighted by Gasteiger charge is -2.34. The molecule has 25 heavy (non-hydrogen) atoms. The first-order valence-corrected chi connectivity index (χ1v) is 9.76. The molecule has 2 aromatic heterocycles. The largest absolute Gasteiger partial charge is 0.354 e. The van der Waals surface area contributed by atoms with E-state index in [4.69, 9.17) is 4.98 Å². The number of fused-ring (bicyclic) bond motifs is 1. The Kier molecular flexibility index (Phi) is 4.48. The van der Waals surface area contributed by atoms with Crippen molar-refractivity contribution in [3.8, 4) is 0 Å². The van der Waals surface area contributed by atoms with Gasteiger partial charge >= 0.3 is 0 Å². The van der Waals surface area contributed by atoms with E-state index in [1.165, 1.54) is 16.9 Å². The van der Waals surface area contributed by atoms with Crippen LogP contribution in [0.3, 0.4) is 0 Å². The molecular formula is C19H24N4OS. The van der Waals surface area contributed by atoms with Crippen molar-refractivity contribution >= 4 is 28.9 Å². The van der Waals surface area contributed by atoms with Crippen molar-refractivity contribution in [2.24, 2.45) is 0 Å². The van der Waals surface area contributed by atoms with Crippen LogP contribution < -0.4 is 10.2 Å². The molecule has 1 amide bonds. The predicted octanol–water partition coefficient (Wildman–Crippen LogP) is 2.94. The number of carbonyl (C=O) groups is 1. The number of likely N-dealkylation sites (N-methyl/N-ethyl adjacent to an activating group) is 1. The van der Waals surface area contributed by atoms with Gasteiger partial charge in [-0.2, -0.15) is 0 Å². The highest BCUT2D eigenvalue weighted by Gasteiger charge is 2.20. The van der Waals surface area contributed by atoms with Crippen molar-refractivity contribution < 1.29 is 4.79 Å². The van der Waals surface area contributed by atoms with Crippen LogP contribution in [0.1, 0.15) is 32.1 Å². The van der Waals surface area contributed by atoms with E-state index >= 15 is 0 Å². The third kappa shape index (κ3) is 3.41. The number of nitrogens with zero attached hydrogens (tertiary/aromatic N) is 3. The molecule has 0 atom stereocenters. The maximum atomic E-state index is 12.6. The van der Waals surface area contributed by atoms with Crippen LogP contribution in [0.5, 0.6) is 0 Å². The molecule has 1 fully saturated rings. The lowest BCUT2D eigenvalue weighted by molar-refractivity contribution is 0.103. The minimum Gasteiger partial charge on any atom is -0.354 e. The summed E-state index contributed by atoms with van der Waals surface area (Å²) in [4.78, 5) is 24.1. The summed E-state index contributed by atoms with van der Waals surface area (Å²) in [7, 11) is 2.15. The second-order valence-corrected chi connectivity index (χ2v) is 8.13. The van der Waals surface area contributed by atoms with Crippen molar-refractivity contribution in [1.82, 2.24) is 9.88 Å². The Labute approximate surface area is 152 Å². The molecule has 1 aliphatic carbocycles. The van der Waals surface area contributed by atoms with Gasteiger partial charge in [0.15, 0.2) is 0 Å². The minimum absolute atomic E-state index is 0.0416. The molecule has 3 heterocycles. The molecule has 4 rings (SSSR count). The van der Waals surface area contributed by atoms with Crippen LogP contribution in [0.25, 0.3) is 0 Å². The van der Waals surface area contributed by atoms with E-state index < -0.39 is 0 Å². The highest BCUT2D eigenvalue weighted by molar-refractivity contribution is 7.14. The number of aryl methyl sites for hydroxylation is 3. The van der Waals surface area contributed by atoms with Crippen molar-refractivity contribution in [1.29, 1.82) is 0 Å². The average Bonchev–Trinajstić information content (AvgIpc) is 3.19. The zero-order valence-electron chi connectivity index (χ0n) is 14.8. The summed E-state index contributed by atoms with van der Waals surface area (Å²) in [5, 5.41) is 2.99. The summed E-state index contributed by atoms with van der Waals surface area (Å²) in [6.07, 6.45) is 3.44. The number of hydrogen-bond donors (Lipinski definition) is 1. The summed E-state index contributed by atoms with van der Waals surface area (Å²) in [5.74, 6) is 1.58. The summed E-state index contributed by atoms with van der Waals surface area (Å²) in [6.45, 7) is 6.10. The van der Waals surface area contributed by atoms with E-state index in [1.54, 1.807) is 11.3 Å². The zero-order valence-corrected chi connectivity index (χ0v) is 15.7. The van der Waals surface area contributed by atoms with Gasteiger partial charge in [0, 0.05) is 31.1 Å². The lowest BCUT2D eigenvalue weighted by Crippen LogP contribution is -2.45. The van der Waals surface area contributed by atoms with Crippen molar-refractivity contribution in [3.05, 3.63) is 39.1 Å². The molecule has 0 unspecified atom stereocenters. The fourth-order valence-electron chi connectivity index (χ4n) is 3.54. The molecule has 132 valence electrons. The van der Waals surface area contributed by atoms with E-state index in [0.717, 1.165) is 55.3 Å². The third-order valence-electron chi connectivity index (χ3n) is 5.09. The first kappa shape index (κ1) is 16.5. The van der Waals surface area contributed by atoms with Gasteiger partial charge in [-0.05, 0) is 56.5 Å². The molecule has 2 aliphatic rings. The van der Waals surface area contributed by atoms with Crippen molar-refractivity contribution in [2.45, 2.75) is 26.2 Å². The first-order chi connectivity index (χ1) is 12.1. The number of piperazine rings is 1. The van der Waals surface area contributed by atoms with Gasteiger partial charge in [0.25, 0.3) is 5.91 Å². The van der Waals surface area contributed by atoms with E-state index in [1.807, 2.05) is 12.1 Å². The molecule has 0 spiro atoms. The van der Waals surface area contributed by atoms with Crippen LogP contribution in [-0.4, -0.2) is 49.0 Å². The maximum Gasteiger partial charge on any atom is 0.266 e. The second-order valence-electron chi connectivity index (χ2n) is 6.99. The van der Waals surface area contributed by atoms with Gasteiger partial charge in [-0.25, -0.2) is 4.98 Å². The molecule has 0 bridgehead atoms. The average molecular weight is 356 g/mol. The smallest absolute Gasteiger partial charge is 0.266 e. The number of carbonyl (C=O) groups excluding carboxylic acids is 1. The van der Waals surface area contributed by atoms with Gasteiger partial charge in [0.1, 0.15) is 11.6 Å². The van der Waals surface area contributed by atoms with Gasteiger partial charge < -0.3 is 15.1 Å². The molecule has 0 aromatic carbocycles. The van der Waals surface area contributed by atoms with Gasteiger partial charge in [0.05, 0.1) is 4.88 Å². The summed E-state index contributed by atoms with van der Waals surface area (Å²) in [6, 6.07) is 6.00. The zero-order chi connectivity index (χ0) is 17.4. The number of hydrogen-bond acceptors (Lipinski definition) is 5. The van der Waals surface area contributed by atoms with Crippen LogP contribution in [-0.2, 0) is 12.8 Å². The molecule has 0 saturated carbocycles. The molecule has 5 nitrogen and oxygen atoms in total. The van der Waals surface area contributed by atoms with Crippen LogP contribution in [0.2, 0.25) is 0 Å². The lowest BCUT2D eigenvalue weighted by atomic mass is 10.2. The fraction of sp³-hybridized carbons (Fsp3) is 0.474. The van der Waals surface area contributed by atoms with Crippen LogP contribution in [0.15, 0.2) is 18.2 Å². The quantitative estimate of drug-likeness (QED) is 0.919. The molecule has 1 saturated heterocycles. The Morgan fingerprint density at radius 3 is 2.76 bits per heavy atom. The number of rotatable bonds is 3. The Bertz CT molecular complexity index is 771. The standard InChI is InChI=1S/C19H24N4OS/c1-13-6-7-17(20-18(13)23-10-8-22(2)9-11-23)21-19(24)16-12-14-4-3-5-15(14)25-16/h6-7,12H,3-5,8-11H2,1-2H3,(H,20,21,24). The van der Waals surface area contributed by atoms with Gasteiger partial charge in [0.2, 0.25) is 0 Å². The predicted molar refractivity (Wildman–Crippen MR) is 103 cm³/mol. The SMILES string of the molecule is Cc1ccc(NC(=O)c2cc3c(s2)CCC3)nc1N1CCN(C)CC1. The Morgan fingerprint density at radius 1 is 1.20 bits per heavy atom. The highest BCUT2D eigenvalue weighted by atomic mass is 32.1. The van der Waals surface area contributed by atoms with E-state index in [0.29, 0.717) is 5.82 Å². The number of pyridine rings is 1. The van der Waals surface area contributed by atoms with E-state index in [9.17, 15) is 4.79 Å². The molecule has 1 aliphatic heterocycles. The topological polar surface area (TPSA) is 48.5 Å². The highest BCUT2D eigenvalue weighted by Crippen LogP contribution is 2.31.